The van der Waals surface area contributed by atoms with Crippen LogP contribution in [0.2, 0.25) is 5.02 Å². The first-order valence-corrected chi connectivity index (χ1v) is 7.22. The predicted molar refractivity (Wildman–Crippen MR) is 83.7 cm³/mol. The summed E-state index contributed by atoms with van der Waals surface area (Å²) in [7, 11) is 0. The van der Waals surface area contributed by atoms with Gasteiger partial charge in [0, 0.05) is 27.5 Å². The lowest BCUT2D eigenvalue weighted by atomic mass is 9.97. The lowest BCUT2D eigenvalue weighted by Crippen LogP contribution is -2.16. The number of nitrogens with zero attached hydrogens (tertiary/aromatic N) is 3. The molecule has 0 N–H and O–H groups in total. The van der Waals surface area contributed by atoms with Crippen molar-refractivity contribution in [2.45, 2.75) is 19.4 Å². The first-order valence-electron chi connectivity index (χ1n) is 6.85. The van der Waals surface area contributed by atoms with Crippen molar-refractivity contribution in [2.24, 2.45) is 5.11 Å². The van der Waals surface area contributed by atoms with Gasteiger partial charge in [0.15, 0.2) is 0 Å². The summed E-state index contributed by atoms with van der Waals surface area (Å²) in [4.78, 5) is 2.74. The summed E-state index contributed by atoms with van der Waals surface area (Å²) in [5.41, 5.74) is 11.7. The Labute approximate surface area is 132 Å². The smallest absolute Gasteiger partial charge is 0.131 e. The lowest BCUT2D eigenvalue weighted by molar-refractivity contribution is 0.242. The van der Waals surface area contributed by atoms with E-state index >= 15 is 0 Å². The quantitative estimate of drug-likeness (QED) is 0.443. The van der Waals surface area contributed by atoms with Gasteiger partial charge in [-0.1, -0.05) is 22.8 Å². The minimum absolute atomic E-state index is 0.223. The van der Waals surface area contributed by atoms with Crippen LogP contribution in [-0.4, -0.2) is 12.6 Å². The second-order valence-electron chi connectivity index (χ2n) is 5.26. The molecule has 0 amide bonds. The average molecular weight is 318 g/mol. The second kappa shape index (κ2) is 5.87. The van der Waals surface area contributed by atoms with Gasteiger partial charge in [0.2, 0.25) is 0 Å². The fourth-order valence-electron chi connectivity index (χ4n) is 2.71. The van der Waals surface area contributed by atoms with Crippen molar-refractivity contribution < 1.29 is 9.13 Å². The van der Waals surface area contributed by atoms with Crippen LogP contribution in [0.3, 0.4) is 0 Å². The number of hydrogen-bond donors (Lipinski definition) is 0. The zero-order valence-electron chi connectivity index (χ0n) is 11.9. The molecule has 1 atom stereocenters. The largest absolute Gasteiger partial charge is 0.489 e. The Balaban J connectivity index is 2.08. The van der Waals surface area contributed by atoms with Gasteiger partial charge in [-0.2, -0.15) is 0 Å². The van der Waals surface area contributed by atoms with Crippen LogP contribution in [0.1, 0.15) is 11.1 Å². The molecule has 0 radical (unpaired) electrons. The van der Waals surface area contributed by atoms with E-state index in [0.29, 0.717) is 22.8 Å². The maximum absolute atomic E-state index is 13.9. The Morgan fingerprint density at radius 3 is 2.95 bits per heavy atom. The highest BCUT2D eigenvalue weighted by Gasteiger charge is 2.27. The Hall–Kier alpha value is -2.23. The van der Waals surface area contributed by atoms with Crippen molar-refractivity contribution in [3.63, 3.8) is 0 Å². The summed E-state index contributed by atoms with van der Waals surface area (Å²) in [6.45, 7) is 2.16. The van der Waals surface area contributed by atoms with Crippen LogP contribution in [0, 0.1) is 12.7 Å². The lowest BCUT2D eigenvalue weighted by Gasteiger charge is -2.13. The van der Waals surface area contributed by atoms with E-state index in [9.17, 15) is 4.39 Å². The number of ether oxygens (including phenoxy) is 1. The molecule has 0 saturated heterocycles. The van der Waals surface area contributed by atoms with E-state index in [0.717, 1.165) is 16.7 Å². The molecule has 0 bridgehead atoms. The molecule has 22 heavy (non-hydrogen) atoms. The average Bonchev–Trinajstić information content (AvgIpc) is 2.89. The van der Waals surface area contributed by atoms with E-state index in [4.69, 9.17) is 21.9 Å². The molecule has 1 aliphatic heterocycles. The molecule has 1 aliphatic rings. The van der Waals surface area contributed by atoms with Crippen molar-refractivity contribution in [3.05, 3.63) is 62.7 Å². The minimum Gasteiger partial charge on any atom is -0.489 e. The molecule has 4 nitrogen and oxygen atoms in total. The van der Waals surface area contributed by atoms with E-state index in [1.807, 2.05) is 13.0 Å². The molecule has 3 rings (SSSR count). The molecule has 0 aliphatic carbocycles. The summed E-state index contributed by atoms with van der Waals surface area (Å²) in [6.07, 6.45) is 0.268. The molecule has 2 aromatic rings. The van der Waals surface area contributed by atoms with Crippen molar-refractivity contribution in [2.75, 3.05) is 6.54 Å². The standard InChI is InChI=1S/C16H13ClFN3O/c1-9-2-3-11(17)6-14(9)15-7-12(18)4-10-5-13(8-20-21-19)22-16(10)15/h2-4,6-7,13H,5,8H2,1H3/t13-/m1/s1. The van der Waals surface area contributed by atoms with Gasteiger partial charge in [-0.3, -0.25) is 0 Å². The highest BCUT2D eigenvalue weighted by atomic mass is 35.5. The van der Waals surface area contributed by atoms with Crippen molar-refractivity contribution >= 4 is 11.6 Å². The molecule has 0 unspecified atom stereocenters. The third-order valence-electron chi connectivity index (χ3n) is 3.70. The predicted octanol–water partition coefficient (Wildman–Crippen LogP) is 5.07. The van der Waals surface area contributed by atoms with Crippen LogP contribution in [-0.2, 0) is 6.42 Å². The molecule has 0 fully saturated rings. The summed E-state index contributed by atoms with van der Waals surface area (Å²) in [5, 5.41) is 4.12. The van der Waals surface area contributed by atoms with E-state index in [1.54, 1.807) is 12.1 Å². The van der Waals surface area contributed by atoms with Gasteiger partial charge in [-0.05, 0) is 47.8 Å². The van der Waals surface area contributed by atoms with E-state index in [2.05, 4.69) is 10.0 Å². The number of azide groups is 1. The van der Waals surface area contributed by atoms with Crippen molar-refractivity contribution in [1.29, 1.82) is 0 Å². The van der Waals surface area contributed by atoms with Crippen LogP contribution in [0.4, 0.5) is 4.39 Å². The maximum Gasteiger partial charge on any atom is 0.131 e. The number of hydrogen-bond acceptors (Lipinski definition) is 2. The maximum atomic E-state index is 13.9. The molecule has 0 spiro atoms. The van der Waals surface area contributed by atoms with Crippen LogP contribution in [0.5, 0.6) is 5.75 Å². The van der Waals surface area contributed by atoms with Crippen molar-refractivity contribution in [3.8, 4) is 16.9 Å². The minimum atomic E-state index is -0.318. The molecule has 2 aromatic carbocycles. The SMILES string of the molecule is Cc1ccc(Cl)cc1-c1cc(F)cc2c1O[C@@H](CN=[N+]=[N-])C2. The summed E-state index contributed by atoms with van der Waals surface area (Å²) in [5.74, 6) is 0.325. The van der Waals surface area contributed by atoms with Crippen LogP contribution in [0.15, 0.2) is 35.4 Å². The third-order valence-corrected chi connectivity index (χ3v) is 3.94. The van der Waals surface area contributed by atoms with Crippen LogP contribution < -0.4 is 4.74 Å². The fraction of sp³-hybridized carbons (Fsp3) is 0.250. The van der Waals surface area contributed by atoms with Gasteiger partial charge < -0.3 is 4.74 Å². The Kier molecular flexibility index (Phi) is 3.92. The zero-order valence-corrected chi connectivity index (χ0v) is 12.6. The Bertz CT molecular complexity index is 787. The monoisotopic (exact) mass is 317 g/mol. The highest BCUT2D eigenvalue weighted by molar-refractivity contribution is 6.30. The number of rotatable bonds is 3. The number of benzene rings is 2. The van der Waals surface area contributed by atoms with Crippen LogP contribution in [0.25, 0.3) is 21.6 Å². The second-order valence-corrected chi connectivity index (χ2v) is 5.69. The summed E-state index contributed by atoms with van der Waals surface area (Å²) >= 11 is 6.06. The van der Waals surface area contributed by atoms with Crippen molar-refractivity contribution in [1.82, 2.24) is 0 Å². The van der Waals surface area contributed by atoms with Gasteiger partial charge in [-0.15, -0.1) is 0 Å². The molecule has 0 aromatic heterocycles. The fourth-order valence-corrected chi connectivity index (χ4v) is 2.88. The molecule has 1 heterocycles. The first-order chi connectivity index (χ1) is 10.6. The number of fused-ring (bicyclic) bond motifs is 1. The summed E-state index contributed by atoms with van der Waals surface area (Å²) < 4.78 is 19.8. The van der Waals surface area contributed by atoms with E-state index in [-0.39, 0.29) is 18.5 Å². The van der Waals surface area contributed by atoms with Gasteiger partial charge in [0.25, 0.3) is 0 Å². The zero-order chi connectivity index (χ0) is 15.7. The molecular formula is C16H13ClFN3O. The highest BCUT2D eigenvalue weighted by Crippen LogP contribution is 2.41. The Morgan fingerprint density at radius 1 is 1.36 bits per heavy atom. The Morgan fingerprint density at radius 2 is 2.18 bits per heavy atom. The molecule has 0 saturated carbocycles. The number of halogens is 2. The molecular weight excluding hydrogens is 305 g/mol. The third kappa shape index (κ3) is 2.73. The summed E-state index contributed by atoms with van der Waals surface area (Å²) in [6, 6.07) is 8.41. The molecule has 6 heteroatoms. The normalized spacial score (nSPS) is 15.9. The topological polar surface area (TPSA) is 58.0 Å². The van der Waals surface area contributed by atoms with E-state index in [1.165, 1.54) is 12.1 Å². The number of aryl methyl sites for hydroxylation is 1. The molecule has 112 valence electrons. The first kappa shape index (κ1) is 14.7. The van der Waals surface area contributed by atoms with Crippen LogP contribution >= 0.6 is 11.6 Å². The van der Waals surface area contributed by atoms with Gasteiger partial charge in [0.1, 0.15) is 17.7 Å². The van der Waals surface area contributed by atoms with Gasteiger partial charge in [0.05, 0.1) is 6.54 Å². The van der Waals surface area contributed by atoms with E-state index < -0.39 is 0 Å². The van der Waals surface area contributed by atoms with Gasteiger partial charge in [-0.25, -0.2) is 4.39 Å². The van der Waals surface area contributed by atoms with Gasteiger partial charge >= 0.3 is 0 Å².